The van der Waals surface area contributed by atoms with Gasteiger partial charge in [0.05, 0.1) is 5.56 Å². The summed E-state index contributed by atoms with van der Waals surface area (Å²) in [6.45, 7) is 6.27. The van der Waals surface area contributed by atoms with Gasteiger partial charge in [0.15, 0.2) is 6.61 Å². The fourth-order valence-electron chi connectivity index (χ4n) is 3.75. The lowest BCUT2D eigenvalue weighted by Crippen LogP contribution is -2.44. The van der Waals surface area contributed by atoms with Crippen LogP contribution in [0.4, 0.5) is 0 Å². The maximum absolute atomic E-state index is 12.6. The van der Waals surface area contributed by atoms with Crippen molar-refractivity contribution in [3.8, 4) is 5.75 Å². The van der Waals surface area contributed by atoms with Gasteiger partial charge in [-0.3, -0.25) is 9.59 Å². The minimum absolute atomic E-state index is 0.0297. The molecule has 148 valence electrons. The molecule has 0 saturated carbocycles. The molecular formula is C23H28N2O3. The lowest BCUT2D eigenvalue weighted by atomic mass is 9.92. The second kappa shape index (κ2) is 9.40. The van der Waals surface area contributed by atoms with Gasteiger partial charge >= 0.3 is 0 Å². The zero-order chi connectivity index (χ0) is 19.9. The van der Waals surface area contributed by atoms with Gasteiger partial charge in [-0.25, -0.2) is 0 Å². The molecule has 1 fully saturated rings. The van der Waals surface area contributed by atoms with Gasteiger partial charge < -0.3 is 15.0 Å². The van der Waals surface area contributed by atoms with Gasteiger partial charge in [-0.05, 0) is 36.0 Å². The molecule has 0 aliphatic carbocycles. The number of amides is 2. The van der Waals surface area contributed by atoms with E-state index in [4.69, 9.17) is 4.74 Å². The number of nitrogens with one attached hydrogen (secondary N) is 1. The van der Waals surface area contributed by atoms with Crippen molar-refractivity contribution in [2.45, 2.75) is 26.8 Å². The number of para-hydroxylation sites is 1. The maximum atomic E-state index is 12.6. The first-order chi connectivity index (χ1) is 13.5. The third-order valence-corrected chi connectivity index (χ3v) is 5.00. The van der Waals surface area contributed by atoms with Gasteiger partial charge in [-0.2, -0.15) is 0 Å². The largest absolute Gasteiger partial charge is 0.483 e. The average Bonchev–Trinajstić information content (AvgIpc) is 2.70. The zero-order valence-electron chi connectivity index (χ0n) is 16.6. The Morgan fingerprint density at radius 2 is 1.64 bits per heavy atom. The molecule has 2 aromatic rings. The second-order valence-electron chi connectivity index (χ2n) is 7.70. The van der Waals surface area contributed by atoms with Crippen molar-refractivity contribution in [3.05, 3.63) is 65.7 Å². The minimum Gasteiger partial charge on any atom is -0.483 e. The van der Waals surface area contributed by atoms with E-state index in [0.29, 0.717) is 29.7 Å². The molecule has 1 N–H and O–H groups in total. The van der Waals surface area contributed by atoms with E-state index < -0.39 is 0 Å². The van der Waals surface area contributed by atoms with Crippen LogP contribution in [-0.2, 0) is 11.3 Å². The Labute approximate surface area is 166 Å². The van der Waals surface area contributed by atoms with Crippen molar-refractivity contribution in [1.82, 2.24) is 10.2 Å². The van der Waals surface area contributed by atoms with Crippen molar-refractivity contribution in [2.24, 2.45) is 11.8 Å². The molecule has 5 heteroatoms. The molecule has 1 aliphatic heterocycles. The van der Waals surface area contributed by atoms with Crippen molar-refractivity contribution < 1.29 is 14.3 Å². The monoisotopic (exact) mass is 380 g/mol. The van der Waals surface area contributed by atoms with Crippen molar-refractivity contribution in [1.29, 1.82) is 0 Å². The van der Waals surface area contributed by atoms with E-state index >= 15 is 0 Å². The van der Waals surface area contributed by atoms with Crippen molar-refractivity contribution >= 4 is 11.8 Å². The number of nitrogens with zero attached hydrogens (tertiary/aromatic N) is 1. The van der Waals surface area contributed by atoms with Gasteiger partial charge in [-0.1, -0.05) is 56.3 Å². The summed E-state index contributed by atoms with van der Waals surface area (Å²) in [7, 11) is 0. The SMILES string of the molecule is CC1CC(C)CN(C(=O)COc2ccccc2C(=O)NCc2ccccc2)C1. The maximum Gasteiger partial charge on any atom is 0.260 e. The van der Waals surface area contributed by atoms with Gasteiger partial charge in [0.25, 0.3) is 11.8 Å². The van der Waals surface area contributed by atoms with E-state index in [-0.39, 0.29) is 18.4 Å². The number of hydrogen-bond acceptors (Lipinski definition) is 3. The molecule has 0 aromatic heterocycles. The van der Waals surface area contributed by atoms with E-state index in [1.165, 1.54) is 0 Å². The lowest BCUT2D eigenvalue weighted by Gasteiger charge is -2.34. The summed E-state index contributed by atoms with van der Waals surface area (Å²) in [4.78, 5) is 27.0. The van der Waals surface area contributed by atoms with Crippen LogP contribution in [0, 0.1) is 11.8 Å². The molecular weight excluding hydrogens is 352 g/mol. The Morgan fingerprint density at radius 1 is 1.00 bits per heavy atom. The molecule has 3 rings (SSSR count). The lowest BCUT2D eigenvalue weighted by molar-refractivity contribution is -0.136. The van der Waals surface area contributed by atoms with Crippen LogP contribution in [0.1, 0.15) is 36.2 Å². The first-order valence-corrected chi connectivity index (χ1v) is 9.84. The molecule has 28 heavy (non-hydrogen) atoms. The highest BCUT2D eigenvalue weighted by atomic mass is 16.5. The fraction of sp³-hybridized carbons (Fsp3) is 0.391. The molecule has 5 nitrogen and oxygen atoms in total. The number of rotatable bonds is 6. The topological polar surface area (TPSA) is 58.6 Å². The van der Waals surface area contributed by atoms with E-state index in [9.17, 15) is 9.59 Å². The first-order valence-electron chi connectivity index (χ1n) is 9.84. The Balaban J connectivity index is 1.59. The molecule has 2 amide bonds. The van der Waals surface area contributed by atoms with Crippen LogP contribution in [0.25, 0.3) is 0 Å². The zero-order valence-corrected chi connectivity index (χ0v) is 16.6. The number of carbonyl (C=O) groups excluding carboxylic acids is 2. The van der Waals surface area contributed by atoms with E-state index in [1.807, 2.05) is 35.2 Å². The Hall–Kier alpha value is -2.82. The number of likely N-dealkylation sites (tertiary alicyclic amines) is 1. The van der Waals surface area contributed by atoms with E-state index in [2.05, 4.69) is 19.2 Å². The predicted octanol–water partition coefficient (Wildman–Crippen LogP) is 3.50. The van der Waals surface area contributed by atoms with Gasteiger partial charge in [0, 0.05) is 19.6 Å². The third-order valence-electron chi connectivity index (χ3n) is 5.00. The van der Waals surface area contributed by atoms with Crippen molar-refractivity contribution in [2.75, 3.05) is 19.7 Å². The smallest absolute Gasteiger partial charge is 0.260 e. The van der Waals surface area contributed by atoms with Crippen LogP contribution in [-0.4, -0.2) is 36.4 Å². The number of hydrogen-bond donors (Lipinski definition) is 1. The normalized spacial score (nSPS) is 19.1. The number of piperidine rings is 1. The minimum atomic E-state index is -0.216. The second-order valence-corrected chi connectivity index (χ2v) is 7.70. The van der Waals surface area contributed by atoms with Crippen LogP contribution in [0.15, 0.2) is 54.6 Å². The summed E-state index contributed by atoms with van der Waals surface area (Å²) in [6.07, 6.45) is 1.15. The number of carbonyl (C=O) groups is 2. The molecule has 0 radical (unpaired) electrons. The summed E-state index contributed by atoms with van der Waals surface area (Å²) in [5, 5.41) is 2.90. The van der Waals surface area contributed by atoms with Gasteiger partial charge in [0.1, 0.15) is 5.75 Å². The molecule has 1 heterocycles. The quantitative estimate of drug-likeness (QED) is 0.834. The van der Waals surface area contributed by atoms with Gasteiger partial charge in [0.2, 0.25) is 0 Å². The fourth-order valence-corrected chi connectivity index (χ4v) is 3.75. The molecule has 2 atom stereocenters. The molecule has 0 bridgehead atoms. The summed E-state index contributed by atoms with van der Waals surface area (Å²) in [6, 6.07) is 16.8. The highest BCUT2D eigenvalue weighted by Crippen LogP contribution is 2.22. The van der Waals surface area contributed by atoms with Crippen molar-refractivity contribution in [3.63, 3.8) is 0 Å². The molecule has 2 unspecified atom stereocenters. The standard InChI is InChI=1S/C23H28N2O3/c1-17-12-18(2)15-25(14-17)22(26)16-28-21-11-7-6-10-20(21)23(27)24-13-19-8-4-3-5-9-19/h3-11,17-18H,12-16H2,1-2H3,(H,24,27). The summed E-state index contributed by atoms with van der Waals surface area (Å²) in [5.74, 6) is 1.19. The van der Waals surface area contributed by atoms with Crippen LogP contribution in [0.5, 0.6) is 5.75 Å². The summed E-state index contributed by atoms with van der Waals surface area (Å²) >= 11 is 0. The average molecular weight is 380 g/mol. The first kappa shape index (κ1) is 19.9. The number of benzene rings is 2. The molecule has 1 aliphatic rings. The molecule has 1 saturated heterocycles. The Kier molecular flexibility index (Phi) is 6.69. The van der Waals surface area contributed by atoms with Crippen LogP contribution in [0.2, 0.25) is 0 Å². The molecule has 0 spiro atoms. The van der Waals surface area contributed by atoms with Gasteiger partial charge in [-0.15, -0.1) is 0 Å². The number of ether oxygens (including phenoxy) is 1. The van der Waals surface area contributed by atoms with E-state index in [0.717, 1.165) is 25.1 Å². The van der Waals surface area contributed by atoms with Crippen LogP contribution < -0.4 is 10.1 Å². The van der Waals surface area contributed by atoms with Crippen LogP contribution >= 0.6 is 0 Å². The highest BCUT2D eigenvalue weighted by Gasteiger charge is 2.25. The Bertz CT molecular complexity index is 797. The molecule has 2 aromatic carbocycles. The third kappa shape index (κ3) is 5.35. The predicted molar refractivity (Wildman–Crippen MR) is 109 cm³/mol. The van der Waals surface area contributed by atoms with Crippen LogP contribution in [0.3, 0.4) is 0 Å². The summed E-state index contributed by atoms with van der Waals surface area (Å²) < 4.78 is 5.74. The summed E-state index contributed by atoms with van der Waals surface area (Å²) in [5.41, 5.74) is 1.46. The van der Waals surface area contributed by atoms with E-state index in [1.54, 1.807) is 24.3 Å². The highest BCUT2D eigenvalue weighted by molar-refractivity contribution is 5.97. The Morgan fingerprint density at radius 3 is 2.36 bits per heavy atom.